The molecule has 0 saturated heterocycles. The summed E-state index contributed by atoms with van der Waals surface area (Å²) in [4.78, 5) is 21.6. The second-order valence-corrected chi connectivity index (χ2v) is 3.89. The standard InChI is InChI=1S/C11H6ClN3O/c12-8-1-2-9-6(4-8)3-7-5-13-11(16)15-10(7)14-9/h1-5H,(H,13,14,15,16). The summed E-state index contributed by atoms with van der Waals surface area (Å²) in [6.45, 7) is 0. The van der Waals surface area contributed by atoms with Gasteiger partial charge in [-0.05, 0) is 24.3 Å². The number of halogens is 1. The highest BCUT2D eigenvalue weighted by Gasteiger charge is 2.01. The maximum atomic E-state index is 11.0. The molecule has 78 valence electrons. The summed E-state index contributed by atoms with van der Waals surface area (Å²) in [7, 11) is 0. The number of pyridine rings is 1. The van der Waals surface area contributed by atoms with Crippen LogP contribution in [0.4, 0.5) is 0 Å². The van der Waals surface area contributed by atoms with Gasteiger partial charge in [-0.2, -0.15) is 0 Å². The normalized spacial score (nSPS) is 11.1. The molecule has 4 nitrogen and oxygen atoms in total. The molecule has 0 spiro atoms. The monoisotopic (exact) mass is 231 g/mol. The molecule has 1 N–H and O–H groups in total. The van der Waals surface area contributed by atoms with Crippen LogP contribution in [0.3, 0.4) is 0 Å². The summed E-state index contributed by atoms with van der Waals surface area (Å²) in [5.41, 5.74) is 0.932. The molecule has 0 saturated carbocycles. The van der Waals surface area contributed by atoms with Crippen molar-refractivity contribution in [3.63, 3.8) is 0 Å². The van der Waals surface area contributed by atoms with Gasteiger partial charge in [0.1, 0.15) is 5.65 Å². The molecule has 0 unspecified atom stereocenters. The molecule has 3 aromatic rings. The molecule has 16 heavy (non-hydrogen) atoms. The minimum absolute atomic E-state index is 0.395. The molecule has 0 fully saturated rings. The van der Waals surface area contributed by atoms with E-state index in [0.717, 1.165) is 16.3 Å². The highest BCUT2D eigenvalue weighted by atomic mass is 35.5. The van der Waals surface area contributed by atoms with E-state index >= 15 is 0 Å². The third kappa shape index (κ3) is 1.44. The number of fused-ring (bicyclic) bond motifs is 2. The zero-order valence-electron chi connectivity index (χ0n) is 8.07. The maximum absolute atomic E-state index is 11.0. The molecule has 0 amide bonds. The van der Waals surface area contributed by atoms with Crippen molar-refractivity contribution in [2.75, 3.05) is 0 Å². The summed E-state index contributed by atoms with van der Waals surface area (Å²) < 4.78 is 0. The Morgan fingerprint density at radius 3 is 2.94 bits per heavy atom. The predicted molar refractivity (Wildman–Crippen MR) is 62.7 cm³/mol. The van der Waals surface area contributed by atoms with Crippen molar-refractivity contribution in [1.82, 2.24) is 15.0 Å². The van der Waals surface area contributed by atoms with Gasteiger partial charge in [-0.15, -0.1) is 0 Å². The van der Waals surface area contributed by atoms with E-state index in [1.807, 2.05) is 18.2 Å². The maximum Gasteiger partial charge on any atom is 0.346 e. The number of benzene rings is 1. The number of nitrogens with zero attached hydrogens (tertiary/aromatic N) is 2. The lowest BCUT2D eigenvalue weighted by Gasteiger charge is -2.00. The van der Waals surface area contributed by atoms with Crippen LogP contribution < -0.4 is 5.69 Å². The highest BCUT2D eigenvalue weighted by Crippen LogP contribution is 2.20. The Kier molecular flexibility index (Phi) is 1.91. The van der Waals surface area contributed by atoms with Crippen molar-refractivity contribution in [2.45, 2.75) is 0 Å². The average molecular weight is 232 g/mol. The van der Waals surface area contributed by atoms with E-state index in [1.165, 1.54) is 6.20 Å². The van der Waals surface area contributed by atoms with Crippen LogP contribution in [0.2, 0.25) is 5.02 Å². The second-order valence-electron chi connectivity index (χ2n) is 3.45. The minimum Gasteiger partial charge on any atom is -0.290 e. The lowest BCUT2D eigenvalue weighted by molar-refractivity contribution is 1.10. The molecule has 0 bridgehead atoms. The molecule has 0 radical (unpaired) electrons. The number of hydrogen-bond acceptors (Lipinski definition) is 3. The largest absolute Gasteiger partial charge is 0.346 e. The van der Waals surface area contributed by atoms with E-state index in [2.05, 4.69) is 15.0 Å². The zero-order chi connectivity index (χ0) is 11.1. The Hall–Kier alpha value is -1.94. The Balaban J connectivity index is 2.48. The molecule has 2 heterocycles. The lowest BCUT2D eigenvalue weighted by atomic mass is 10.2. The van der Waals surface area contributed by atoms with Gasteiger partial charge < -0.3 is 0 Å². The number of aromatic nitrogens is 3. The quantitative estimate of drug-likeness (QED) is 0.603. The van der Waals surface area contributed by atoms with Crippen LogP contribution in [0, 0.1) is 0 Å². The Bertz CT molecular complexity index is 751. The minimum atomic E-state index is -0.395. The van der Waals surface area contributed by atoms with E-state index < -0.39 is 5.69 Å². The Morgan fingerprint density at radius 1 is 1.19 bits per heavy atom. The Labute approximate surface area is 94.9 Å². The molecular formula is C11H6ClN3O. The van der Waals surface area contributed by atoms with Gasteiger partial charge in [-0.25, -0.2) is 14.8 Å². The Morgan fingerprint density at radius 2 is 2.06 bits per heavy atom. The van der Waals surface area contributed by atoms with E-state index in [4.69, 9.17) is 11.6 Å². The topological polar surface area (TPSA) is 58.6 Å². The van der Waals surface area contributed by atoms with E-state index in [-0.39, 0.29) is 0 Å². The van der Waals surface area contributed by atoms with Gasteiger partial charge in [0.25, 0.3) is 0 Å². The SMILES string of the molecule is O=c1ncc2cc3cc(Cl)ccc3nc2[nH]1. The first-order valence-electron chi connectivity index (χ1n) is 4.68. The third-order valence-corrected chi connectivity index (χ3v) is 2.59. The third-order valence-electron chi connectivity index (χ3n) is 2.35. The van der Waals surface area contributed by atoms with E-state index in [9.17, 15) is 4.79 Å². The number of rotatable bonds is 0. The first-order chi connectivity index (χ1) is 7.72. The average Bonchev–Trinajstić information content (AvgIpc) is 2.26. The number of H-pyrrole nitrogens is 1. The molecule has 2 aromatic heterocycles. The van der Waals surface area contributed by atoms with Gasteiger partial charge >= 0.3 is 5.69 Å². The van der Waals surface area contributed by atoms with Crippen LogP contribution in [0.1, 0.15) is 0 Å². The molecule has 1 aromatic carbocycles. The smallest absolute Gasteiger partial charge is 0.290 e. The number of nitrogens with one attached hydrogen (secondary N) is 1. The van der Waals surface area contributed by atoms with E-state index in [0.29, 0.717) is 10.7 Å². The predicted octanol–water partition coefficient (Wildman–Crippen LogP) is 2.12. The van der Waals surface area contributed by atoms with Gasteiger partial charge in [0, 0.05) is 22.0 Å². The van der Waals surface area contributed by atoms with Gasteiger partial charge in [0.2, 0.25) is 0 Å². The van der Waals surface area contributed by atoms with Crippen LogP contribution >= 0.6 is 11.6 Å². The molecule has 0 aliphatic carbocycles. The van der Waals surface area contributed by atoms with Gasteiger partial charge in [0.15, 0.2) is 0 Å². The molecule has 0 aliphatic rings. The van der Waals surface area contributed by atoms with Gasteiger partial charge in [0.05, 0.1) is 5.52 Å². The number of aromatic amines is 1. The van der Waals surface area contributed by atoms with Crippen molar-refractivity contribution >= 4 is 33.5 Å². The van der Waals surface area contributed by atoms with Gasteiger partial charge in [-0.1, -0.05) is 11.6 Å². The summed E-state index contributed by atoms with van der Waals surface area (Å²) in [6.07, 6.45) is 1.50. The fraction of sp³-hybridized carbons (Fsp3) is 0. The van der Waals surface area contributed by atoms with Crippen LogP contribution in [0.25, 0.3) is 21.9 Å². The molecule has 3 rings (SSSR count). The fourth-order valence-electron chi connectivity index (χ4n) is 1.62. The first kappa shape index (κ1) is 9.30. The molecule has 5 heteroatoms. The van der Waals surface area contributed by atoms with E-state index in [1.54, 1.807) is 6.07 Å². The second kappa shape index (κ2) is 3.28. The summed E-state index contributed by atoms with van der Waals surface area (Å²) in [6, 6.07) is 7.30. The van der Waals surface area contributed by atoms with Crippen molar-refractivity contribution in [1.29, 1.82) is 0 Å². The molecule has 0 aliphatic heterocycles. The lowest BCUT2D eigenvalue weighted by Crippen LogP contribution is -2.09. The van der Waals surface area contributed by atoms with Crippen molar-refractivity contribution in [3.05, 3.63) is 46.0 Å². The van der Waals surface area contributed by atoms with Crippen LogP contribution in [0.15, 0.2) is 35.3 Å². The van der Waals surface area contributed by atoms with Crippen molar-refractivity contribution < 1.29 is 0 Å². The molecular weight excluding hydrogens is 226 g/mol. The van der Waals surface area contributed by atoms with Gasteiger partial charge in [-0.3, -0.25) is 4.98 Å². The summed E-state index contributed by atoms with van der Waals surface area (Å²) in [5, 5.41) is 2.37. The van der Waals surface area contributed by atoms with Crippen molar-refractivity contribution in [3.8, 4) is 0 Å². The first-order valence-corrected chi connectivity index (χ1v) is 5.05. The fourth-order valence-corrected chi connectivity index (χ4v) is 1.80. The summed E-state index contributed by atoms with van der Waals surface area (Å²) >= 11 is 5.89. The highest BCUT2D eigenvalue weighted by molar-refractivity contribution is 6.31. The van der Waals surface area contributed by atoms with Crippen molar-refractivity contribution in [2.24, 2.45) is 0 Å². The van der Waals surface area contributed by atoms with Crippen LogP contribution in [0.5, 0.6) is 0 Å². The zero-order valence-corrected chi connectivity index (χ0v) is 8.82. The summed E-state index contributed by atoms with van der Waals surface area (Å²) in [5.74, 6) is 0. The van der Waals surface area contributed by atoms with Crippen LogP contribution in [-0.2, 0) is 0 Å². The molecule has 0 atom stereocenters. The van der Waals surface area contributed by atoms with Crippen LogP contribution in [-0.4, -0.2) is 15.0 Å². The number of hydrogen-bond donors (Lipinski definition) is 1.